The van der Waals surface area contributed by atoms with Crippen LogP contribution in [0.25, 0.3) is 0 Å². The highest BCUT2D eigenvalue weighted by atomic mass is 19.4. The summed E-state index contributed by atoms with van der Waals surface area (Å²) in [6.45, 7) is 8.16. The van der Waals surface area contributed by atoms with E-state index in [0.717, 1.165) is 31.6 Å². The number of benzene rings is 1. The van der Waals surface area contributed by atoms with Crippen LogP contribution in [0.1, 0.15) is 69.4 Å². The predicted octanol–water partition coefficient (Wildman–Crippen LogP) is 5.38. The lowest BCUT2D eigenvalue weighted by atomic mass is 9.95. The van der Waals surface area contributed by atoms with Crippen molar-refractivity contribution in [3.8, 4) is 0 Å². The number of carboxylic acids is 1. The molecular formula is C26H37F3N2O3. The number of hydrogen-bond donors (Lipinski definition) is 1. The van der Waals surface area contributed by atoms with E-state index in [-0.39, 0.29) is 0 Å². The van der Waals surface area contributed by atoms with Gasteiger partial charge in [0, 0.05) is 43.7 Å². The van der Waals surface area contributed by atoms with E-state index in [1.807, 2.05) is 0 Å². The zero-order valence-corrected chi connectivity index (χ0v) is 20.2. The van der Waals surface area contributed by atoms with Gasteiger partial charge in [0.15, 0.2) is 0 Å². The number of alkyl halides is 3. The molecule has 2 heterocycles. The molecule has 1 aromatic rings. The number of carbonyl (C=O) groups excluding carboxylic acids is 1. The maximum absolute atomic E-state index is 12.5. The molecular weight excluding hydrogens is 445 g/mol. The molecule has 2 saturated heterocycles. The number of hydrogen-bond acceptors (Lipinski definition) is 4. The third-order valence-corrected chi connectivity index (χ3v) is 7.55. The van der Waals surface area contributed by atoms with Crippen molar-refractivity contribution in [1.29, 1.82) is 0 Å². The smallest absolute Gasteiger partial charge is 0.475 e. The lowest BCUT2D eigenvalue weighted by molar-refractivity contribution is -0.192. The van der Waals surface area contributed by atoms with Gasteiger partial charge in [-0.25, -0.2) is 4.79 Å². The molecule has 0 aromatic heterocycles. The van der Waals surface area contributed by atoms with Crippen LogP contribution in [0.5, 0.6) is 0 Å². The fraction of sp³-hybridized carbons (Fsp3) is 0.692. The van der Waals surface area contributed by atoms with Crippen LogP contribution in [-0.4, -0.2) is 59.7 Å². The summed E-state index contributed by atoms with van der Waals surface area (Å²) < 4.78 is 31.7. The molecule has 5 nitrogen and oxygen atoms in total. The van der Waals surface area contributed by atoms with Gasteiger partial charge in [0.1, 0.15) is 5.78 Å². The van der Waals surface area contributed by atoms with Crippen molar-refractivity contribution in [2.45, 2.75) is 89.9 Å². The van der Waals surface area contributed by atoms with Crippen molar-refractivity contribution in [2.75, 3.05) is 24.5 Å². The van der Waals surface area contributed by atoms with E-state index in [1.165, 1.54) is 68.3 Å². The highest BCUT2D eigenvalue weighted by molar-refractivity contribution is 5.81. The average Bonchev–Trinajstić information content (AvgIpc) is 3.51. The zero-order chi connectivity index (χ0) is 24.9. The number of carbonyl (C=O) groups is 2. The molecule has 2 atom stereocenters. The third-order valence-electron chi connectivity index (χ3n) is 7.55. The second kappa shape index (κ2) is 11.6. The minimum atomic E-state index is -5.08. The van der Waals surface area contributed by atoms with Gasteiger partial charge < -0.3 is 10.0 Å². The van der Waals surface area contributed by atoms with E-state index in [9.17, 15) is 18.0 Å². The van der Waals surface area contributed by atoms with Crippen LogP contribution in [0, 0.1) is 12.8 Å². The molecule has 1 N–H and O–H groups in total. The molecule has 0 bridgehead atoms. The van der Waals surface area contributed by atoms with Crippen molar-refractivity contribution >= 4 is 17.4 Å². The first-order valence-electron chi connectivity index (χ1n) is 12.5. The second-order valence-corrected chi connectivity index (χ2v) is 10.1. The number of halogens is 3. The Bertz CT molecular complexity index is 852. The minimum absolute atomic E-state index is 0.432. The van der Waals surface area contributed by atoms with Crippen molar-refractivity contribution in [2.24, 2.45) is 5.92 Å². The molecule has 0 unspecified atom stereocenters. The maximum Gasteiger partial charge on any atom is 0.490 e. The Morgan fingerprint density at radius 1 is 1.06 bits per heavy atom. The molecule has 3 aliphatic rings. The standard InChI is InChI=1S/C24H36N2O.C2HF3O2/c1-18-14-22(25-13-11-23(17-25)26-12-5-6-19(26)2)10-9-21(18)16-24(27)15-20-7-3-4-8-20;3-2(4,5)1(6)7/h9-10,14,19-20,23H,3-8,11-13,15-17H2,1-2H3;(H,6,7)/t19-,23-;/m0./s1. The van der Waals surface area contributed by atoms with Gasteiger partial charge in [-0.1, -0.05) is 31.7 Å². The van der Waals surface area contributed by atoms with Gasteiger partial charge in [-0.3, -0.25) is 9.69 Å². The van der Waals surface area contributed by atoms with Gasteiger partial charge in [0.25, 0.3) is 0 Å². The SMILES string of the molecule is Cc1cc(N2CC[C@H](N3CCC[C@@H]3C)C2)ccc1CC(=O)CC1CCCC1.O=C(O)C(F)(F)F. The van der Waals surface area contributed by atoms with E-state index < -0.39 is 12.1 Å². The Morgan fingerprint density at radius 3 is 2.29 bits per heavy atom. The van der Waals surface area contributed by atoms with Gasteiger partial charge in [0.2, 0.25) is 0 Å². The predicted molar refractivity (Wildman–Crippen MR) is 126 cm³/mol. The number of Topliss-reactive ketones (excluding diaryl/α,β-unsaturated/α-hetero) is 1. The Kier molecular flexibility index (Phi) is 9.01. The monoisotopic (exact) mass is 482 g/mol. The molecule has 0 radical (unpaired) electrons. The summed E-state index contributed by atoms with van der Waals surface area (Å²) in [6.07, 6.45) is 5.49. The third kappa shape index (κ3) is 7.20. The molecule has 0 amide bonds. The number of carboxylic acid groups (broad SMARTS) is 1. The van der Waals surface area contributed by atoms with Gasteiger partial charge in [-0.2, -0.15) is 13.2 Å². The van der Waals surface area contributed by atoms with Crippen molar-refractivity contribution in [1.82, 2.24) is 4.90 Å². The number of aryl methyl sites for hydroxylation is 1. The number of ketones is 1. The number of rotatable bonds is 6. The molecule has 1 saturated carbocycles. The summed E-state index contributed by atoms with van der Waals surface area (Å²) in [6, 6.07) is 8.25. The fourth-order valence-electron chi connectivity index (χ4n) is 5.64. The van der Waals surface area contributed by atoms with E-state index in [2.05, 4.69) is 41.8 Å². The Balaban J connectivity index is 0.000000406. The molecule has 8 heteroatoms. The van der Waals surface area contributed by atoms with Gasteiger partial charge in [-0.05, 0) is 68.8 Å². The lowest BCUT2D eigenvalue weighted by Gasteiger charge is -2.28. The lowest BCUT2D eigenvalue weighted by Crippen LogP contribution is -2.39. The fourth-order valence-corrected chi connectivity index (χ4v) is 5.64. The largest absolute Gasteiger partial charge is 0.490 e. The van der Waals surface area contributed by atoms with Crippen LogP contribution < -0.4 is 4.90 Å². The summed E-state index contributed by atoms with van der Waals surface area (Å²) in [5, 5.41) is 7.12. The van der Waals surface area contributed by atoms with Crippen LogP contribution in [0.15, 0.2) is 18.2 Å². The normalized spacial score (nSPS) is 23.7. The van der Waals surface area contributed by atoms with Crippen LogP contribution in [0.2, 0.25) is 0 Å². The Hall–Kier alpha value is -2.09. The summed E-state index contributed by atoms with van der Waals surface area (Å²) in [7, 11) is 0. The summed E-state index contributed by atoms with van der Waals surface area (Å²) in [4.78, 5) is 26.6. The first-order chi connectivity index (χ1) is 16.0. The highest BCUT2D eigenvalue weighted by Crippen LogP contribution is 2.30. The molecule has 34 heavy (non-hydrogen) atoms. The van der Waals surface area contributed by atoms with E-state index >= 15 is 0 Å². The first kappa shape index (κ1) is 26.5. The molecule has 1 aromatic carbocycles. The molecule has 3 fully saturated rings. The number of aliphatic carboxylic acids is 1. The van der Waals surface area contributed by atoms with Crippen molar-refractivity contribution in [3.63, 3.8) is 0 Å². The molecule has 2 aliphatic heterocycles. The second-order valence-electron chi connectivity index (χ2n) is 10.1. The van der Waals surface area contributed by atoms with Gasteiger partial charge in [-0.15, -0.1) is 0 Å². The summed E-state index contributed by atoms with van der Waals surface area (Å²) in [5.41, 5.74) is 3.85. The van der Waals surface area contributed by atoms with Crippen LogP contribution in [0.3, 0.4) is 0 Å². The van der Waals surface area contributed by atoms with E-state index in [1.54, 1.807) is 0 Å². The summed E-state index contributed by atoms with van der Waals surface area (Å²) >= 11 is 0. The number of nitrogens with zero attached hydrogens (tertiary/aromatic N) is 2. The average molecular weight is 483 g/mol. The highest BCUT2D eigenvalue weighted by Gasteiger charge is 2.38. The van der Waals surface area contributed by atoms with E-state index in [4.69, 9.17) is 9.90 Å². The number of likely N-dealkylation sites (tertiary alicyclic amines) is 1. The summed E-state index contributed by atoms with van der Waals surface area (Å²) in [5.74, 6) is -1.67. The maximum atomic E-state index is 12.5. The Morgan fingerprint density at radius 2 is 1.74 bits per heavy atom. The molecule has 0 spiro atoms. The molecule has 4 rings (SSSR count). The Labute approximate surface area is 200 Å². The van der Waals surface area contributed by atoms with Crippen molar-refractivity contribution < 1.29 is 27.9 Å². The van der Waals surface area contributed by atoms with Crippen molar-refractivity contribution in [3.05, 3.63) is 29.3 Å². The zero-order valence-electron chi connectivity index (χ0n) is 20.2. The van der Waals surface area contributed by atoms with Crippen LogP contribution >= 0.6 is 0 Å². The van der Waals surface area contributed by atoms with E-state index in [0.29, 0.717) is 18.1 Å². The molecule has 1 aliphatic carbocycles. The number of anilines is 1. The van der Waals surface area contributed by atoms with Crippen LogP contribution in [0.4, 0.5) is 18.9 Å². The van der Waals surface area contributed by atoms with Gasteiger partial charge >= 0.3 is 12.1 Å². The van der Waals surface area contributed by atoms with Gasteiger partial charge in [0.05, 0.1) is 0 Å². The molecule has 190 valence electrons. The minimum Gasteiger partial charge on any atom is -0.475 e. The quantitative estimate of drug-likeness (QED) is 0.590. The van der Waals surface area contributed by atoms with Crippen LogP contribution in [-0.2, 0) is 16.0 Å². The topological polar surface area (TPSA) is 60.9 Å². The first-order valence-corrected chi connectivity index (χ1v) is 12.5.